The highest BCUT2D eigenvalue weighted by molar-refractivity contribution is 5.92. The van der Waals surface area contributed by atoms with E-state index in [2.05, 4.69) is 33.4 Å². The van der Waals surface area contributed by atoms with Crippen LogP contribution in [0.15, 0.2) is 48.7 Å². The SMILES string of the molecule is CC(=O)N1CCCN(Cc2ccccn2)CCCNCc2ccccc21. The number of pyridine rings is 1. The highest BCUT2D eigenvalue weighted by Crippen LogP contribution is 2.21. The number of hydrogen-bond donors (Lipinski definition) is 1. The van der Waals surface area contributed by atoms with Crippen molar-refractivity contribution >= 4 is 11.6 Å². The van der Waals surface area contributed by atoms with Gasteiger partial charge in [-0.05, 0) is 49.7 Å². The molecule has 2 aromatic rings. The monoisotopic (exact) mass is 352 g/mol. The third kappa shape index (κ3) is 5.13. The number of nitrogens with zero attached hydrogens (tertiary/aromatic N) is 3. The van der Waals surface area contributed by atoms with Crippen LogP contribution in [0.25, 0.3) is 0 Å². The molecule has 1 amide bonds. The Bertz CT molecular complexity index is 704. The van der Waals surface area contributed by atoms with E-state index in [0.717, 1.165) is 63.5 Å². The summed E-state index contributed by atoms with van der Waals surface area (Å²) in [5.74, 6) is 0.103. The Balaban J connectivity index is 1.72. The highest BCUT2D eigenvalue weighted by Gasteiger charge is 2.16. The first-order chi connectivity index (χ1) is 12.7. The Morgan fingerprint density at radius 3 is 2.69 bits per heavy atom. The fraction of sp³-hybridized carbons (Fsp3) is 0.429. The number of fused-ring (bicyclic) bond motifs is 1. The Hall–Kier alpha value is -2.24. The third-order valence-corrected chi connectivity index (χ3v) is 4.77. The van der Waals surface area contributed by atoms with Crippen molar-refractivity contribution in [3.8, 4) is 0 Å². The largest absolute Gasteiger partial charge is 0.313 e. The van der Waals surface area contributed by atoms with Crippen molar-refractivity contribution in [2.45, 2.75) is 32.9 Å². The van der Waals surface area contributed by atoms with Gasteiger partial charge in [-0.25, -0.2) is 0 Å². The summed E-state index contributed by atoms with van der Waals surface area (Å²) >= 11 is 0. The number of carbonyl (C=O) groups excluding carboxylic acids is 1. The lowest BCUT2D eigenvalue weighted by atomic mass is 10.1. The van der Waals surface area contributed by atoms with Crippen LogP contribution in [0, 0.1) is 0 Å². The summed E-state index contributed by atoms with van der Waals surface area (Å²) in [6.07, 6.45) is 3.90. The number of aromatic nitrogens is 1. The van der Waals surface area contributed by atoms with Crippen LogP contribution in [0.4, 0.5) is 5.69 Å². The number of amides is 1. The second-order valence-corrected chi connectivity index (χ2v) is 6.78. The molecule has 5 nitrogen and oxygen atoms in total. The van der Waals surface area contributed by atoms with Gasteiger partial charge in [0.2, 0.25) is 5.91 Å². The maximum atomic E-state index is 12.2. The lowest BCUT2D eigenvalue weighted by Gasteiger charge is -2.28. The zero-order chi connectivity index (χ0) is 18.2. The summed E-state index contributed by atoms with van der Waals surface area (Å²) in [6, 6.07) is 14.3. The Kier molecular flexibility index (Phi) is 6.75. The van der Waals surface area contributed by atoms with Crippen molar-refractivity contribution in [3.63, 3.8) is 0 Å². The molecule has 1 aliphatic rings. The molecule has 1 aromatic carbocycles. The quantitative estimate of drug-likeness (QED) is 0.903. The molecule has 0 bridgehead atoms. The van der Waals surface area contributed by atoms with E-state index in [9.17, 15) is 4.79 Å². The lowest BCUT2D eigenvalue weighted by Crippen LogP contribution is -2.35. The minimum absolute atomic E-state index is 0.103. The van der Waals surface area contributed by atoms with E-state index in [-0.39, 0.29) is 5.91 Å². The highest BCUT2D eigenvalue weighted by atomic mass is 16.2. The number of para-hydroxylation sites is 1. The number of benzene rings is 1. The molecule has 2 heterocycles. The van der Waals surface area contributed by atoms with E-state index in [4.69, 9.17) is 0 Å². The summed E-state index contributed by atoms with van der Waals surface area (Å²) < 4.78 is 0. The summed E-state index contributed by atoms with van der Waals surface area (Å²) in [5, 5.41) is 3.52. The summed E-state index contributed by atoms with van der Waals surface area (Å²) in [7, 11) is 0. The van der Waals surface area contributed by atoms with Crippen LogP contribution in [-0.2, 0) is 17.9 Å². The van der Waals surface area contributed by atoms with E-state index < -0.39 is 0 Å². The maximum absolute atomic E-state index is 12.2. The number of nitrogens with one attached hydrogen (secondary N) is 1. The Morgan fingerprint density at radius 1 is 1.08 bits per heavy atom. The topological polar surface area (TPSA) is 48.5 Å². The molecule has 26 heavy (non-hydrogen) atoms. The van der Waals surface area contributed by atoms with Gasteiger partial charge in [0.25, 0.3) is 0 Å². The molecule has 5 heteroatoms. The molecule has 138 valence electrons. The van der Waals surface area contributed by atoms with E-state index >= 15 is 0 Å². The summed E-state index contributed by atoms with van der Waals surface area (Å²) in [5.41, 5.74) is 3.32. The third-order valence-electron chi connectivity index (χ3n) is 4.77. The molecule has 0 fully saturated rings. The zero-order valence-corrected chi connectivity index (χ0v) is 15.5. The minimum Gasteiger partial charge on any atom is -0.313 e. The van der Waals surface area contributed by atoms with Gasteiger partial charge in [0.15, 0.2) is 0 Å². The van der Waals surface area contributed by atoms with E-state index in [0.29, 0.717) is 0 Å². The van der Waals surface area contributed by atoms with Crippen molar-refractivity contribution < 1.29 is 4.79 Å². The first kappa shape index (κ1) is 18.5. The number of hydrogen-bond acceptors (Lipinski definition) is 4. The van der Waals surface area contributed by atoms with Crippen LogP contribution in [0.2, 0.25) is 0 Å². The van der Waals surface area contributed by atoms with Crippen LogP contribution in [-0.4, -0.2) is 42.0 Å². The molecule has 0 atom stereocenters. The molecule has 1 aliphatic heterocycles. The van der Waals surface area contributed by atoms with Crippen molar-refractivity contribution in [1.29, 1.82) is 0 Å². The predicted octanol–water partition coefficient (Wildman–Crippen LogP) is 2.82. The van der Waals surface area contributed by atoms with Crippen LogP contribution >= 0.6 is 0 Å². The maximum Gasteiger partial charge on any atom is 0.223 e. The molecule has 0 saturated heterocycles. The van der Waals surface area contributed by atoms with E-state index in [1.165, 1.54) is 5.56 Å². The van der Waals surface area contributed by atoms with Crippen LogP contribution in [0.1, 0.15) is 31.0 Å². The molecular weight excluding hydrogens is 324 g/mol. The predicted molar refractivity (Wildman–Crippen MR) is 105 cm³/mol. The lowest BCUT2D eigenvalue weighted by molar-refractivity contribution is -0.116. The van der Waals surface area contributed by atoms with Gasteiger partial charge in [-0.15, -0.1) is 0 Å². The van der Waals surface area contributed by atoms with Crippen molar-refractivity contribution in [2.24, 2.45) is 0 Å². The number of carbonyl (C=O) groups is 1. The molecule has 0 aliphatic carbocycles. The molecule has 0 unspecified atom stereocenters. The van der Waals surface area contributed by atoms with Gasteiger partial charge in [0.1, 0.15) is 0 Å². The Labute approximate surface area is 156 Å². The molecular formula is C21H28N4O. The van der Waals surface area contributed by atoms with Crippen LogP contribution in [0.5, 0.6) is 0 Å². The summed E-state index contributed by atoms with van der Waals surface area (Å²) in [4.78, 5) is 21.0. The molecule has 1 aromatic heterocycles. The molecule has 0 radical (unpaired) electrons. The average molecular weight is 352 g/mol. The van der Waals surface area contributed by atoms with Gasteiger partial charge >= 0.3 is 0 Å². The van der Waals surface area contributed by atoms with Crippen molar-refractivity contribution in [2.75, 3.05) is 31.1 Å². The van der Waals surface area contributed by atoms with E-state index in [1.54, 1.807) is 6.92 Å². The standard InChI is InChI=1S/C21H28N4O/c1-18(26)25-15-7-14-24(17-20-9-4-5-12-23-20)13-6-11-22-16-19-8-2-3-10-21(19)25/h2-5,8-10,12,22H,6-7,11,13-17H2,1H3. The van der Waals surface area contributed by atoms with Gasteiger partial charge in [-0.3, -0.25) is 14.7 Å². The summed E-state index contributed by atoms with van der Waals surface area (Å²) in [6.45, 7) is 7.01. The second kappa shape index (κ2) is 9.46. The molecule has 0 spiro atoms. The first-order valence-electron chi connectivity index (χ1n) is 9.43. The first-order valence-corrected chi connectivity index (χ1v) is 9.43. The number of rotatable bonds is 2. The second-order valence-electron chi connectivity index (χ2n) is 6.78. The van der Waals surface area contributed by atoms with Gasteiger partial charge in [-0.1, -0.05) is 24.3 Å². The zero-order valence-electron chi connectivity index (χ0n) is 15.5. The van der Waals surface area contributed by atoms with Gasteiger partial charge < -0.3 is 10.2 Å². The minimum atomic E-state index is 0.103. The normalized spacial score (nSPS) is 17.0. The van der Waals surface area contributed by atoms with E-state index in [1.807, 2.05) is 35.4 Å². The van der Waals surface area contributed by atoms with Crippen molar-refractivity contribution in [1.82, 2.24) is 15.2 Å². The van der Waals surface area contributed by atoms with Crippen LogP contribution < -0.4 is 10.2 Å². The molecule has 3 rings (SSSR count). The smallest absolute Gasteiger partial charge is 0.223 e. The molecule has 1 N–H and O–H groups in total. The Morgan fingerprint density at radius 2 is 1.88 bits per heavy atom. The fourth-order valence-electron chi connectivity index (χ4n) is 3.46. The average Bonchev–Trinajstić information content (AvgIpc) is 2.64. The van der Waals surface area contributed by atoms with Gasteiger partial charge in [0, 0.05) is 45.0 Å². The molecule has 0 saturated carbocycles. The van der Waals surface area contributed by atoms with Crippen LogP contribution in [0.3, 0.4) is 0 Å². The van der Waals surface area contributed by atoms with Gasteiger partial charge in [-0.2, -0.15) is 0 Å². The fourth-order valence-corrected chi connectivity index (χ4v) is 3.46. The van der Waals surface area contributed by atoms with Gasteiger partial charge in [0.05, 0.1) is 5.69 Å². The van der Waals surface area contributed by atoms with Crippen molar-refractivity contribution in [3.05, 3.63) is 59.9 Å². The number of anilines is 1.